The van der Waals surface area contributed by atoms with Gasteiger partial charge in [-0.1, -0.05) is 6.92 Å². The number of hydrogen-bond donors (Lipinski definition) is 0. The number of rotatable bonds is 1. The van der Waals surface area contributed by atoms with Crippen LogP contribution in [0.4, 0.5) is 0 Å². The molecule has 0 aromatic rings. The molecule has 2 nitrogen and oxygen atoms in total. The van der Waals surface area contributed by atoms with Crippen molar-refractivity contribution in [1.82, 2.24) is 0 Å². The Morgan fingerprint density at radius 1 is 1.56 bits per heavy atom. The average molecular weight is 148 g/mol. The van der Waals surface area contributed by atoms with E-state index in [1.807, 2.05) is 0 Å². The Morgan fingerprint density at radius 2 is 2.33 bits per heavy atom. The summed E-state index contributed by atoms with van der Waals surface area (Å²) in [7, 11) is 2.72. The largest absolute Gasteiger partial charge is 0.376 e. The molecule has 0 spiro atoms. The Kier molecular flexibility index (Phi) is 2.90. The van der Waals surface area contributed by atoms with Crippen molar-refractivity contribution in [2.75, 3.05) is 19.8 Å². The Morgan fingerprint density at radius 3 is 2.67 bits per heavy atom. The second-order valence-electron chi connectivity index (χ2n) is 2.34. The maximum atomic E-state index is 5.39. The molecule has 54 valence electrons. The van der Waals surface area contributed by atoms with E-state index >= 15 is 0 Å². The fourth-order valence-corrected chi connectivity index (χ4v) is 1.03. The Hall–Kier alpha value is 0.350. The molecule has 3 unspecified atom stereocenters. The van der Waals surface area contributed by atoms with Gasteiger partial charge in [-0.25, -0.2) is 0 Å². The van der Waals surface area contributed by atoms with Crippen LogP contribution in [0, 0.1) is 0 Å². The molecule has 1 saturated heterocycles. The minimum Gasteiger partial charge on any atom is -0.376 e. The van der Waals surface area contributed by atoms with E-state index in [9.17, 15) is 0 Å². The first kappa shape index (κ1) is 7.46. The third-order valence-corrected chi connectivity index (χ3v) is 1.86. The molecule has 1 aliphatic heterocycles. The maximum absolute atomic E-state index is 5.39. The molecule has 0 aromatic carbocycles. The molecule has 0 N–H and O–H groups in total. The highest BCUT2D eigenvalue weighted by Gasteiger charge is 2.17. The molecular formula is C6H13O2P. The van der Waals surface area contributed by atoms with Gasteiger partial charge < -0.3 is 9.47 Å². The highest BCUT2D eigenvalue weighted by molar-refractivity contribution is 7.17. The highest BCUT2D eigenvalue weighted by Crippen LogP contribution is 2.11. The van der Waals surface area contributed by atoms with Gasteiger partial charge in [-0.15, -0.1) is 9.24 Å². The van der Waals surface area contributed by atoms with Gasteiger partial charge in [0, 0.05) is 0 Å². The minimum absolute atomic E-state index is 0.295. The van der Waals surface area contributed by atoms with Gasteiger partial charge >= 0.3 is 0 Å². The second-order valence-corrected chi connectivity index (χ2v) is 3.39. The molecule has 0 saturated carbocycles. The smallest absolute Gasteiger partial charge is 0.0869 e. The molecule has 1 aliphatic rings. The first-order chi connectivity index (χ1) is 4.30. The topological polar surface area (TPSA) is 18.5 Å². The normalized spacial score (nSPS) is 32.0. The van der Waals surface area contributed by atoms with Crippen LogP contribution in [0.25, 0.3) is 0 Å². The van der Waals surface area contributed by atoms with Crippen LogP contribution in [-0.2, 0) is 9.47 Å². The highest BCUT2D eigenvalue weighted by atomic mass is 31.0. The van der Waals surface area contributed by atoms with Crippen molar-refractivity contribution >= 4 is 9.24 Å². The van der Waals surface area contributed by atoms with Crippen LogP contribution in [0.2, 0.25) is 0 Å². The third-order valence-electron chi connectivity index (χ3n) is 1.43. The molecule has 9 heavy (non-hydrogen) atoms. The van der Waals surface area contributed by atoms with Gasteiger partial charge in [0.15, 0.2) is 0 Å². The van der Waals surface area contributed by atoms with Crippen LogP contribution in [0.15, 0.2) is 0 Å². The molecule has 0 aromatic heterocycles. The molecule has 3 heteroatoms. The van der Waals surface area contributed by atoms with Gasteiger partial charge in [-0.05, 0) is 5.66 Å². The first-order valence-corrected chi connectivity index (χ1v) is 3.92. The standard InChI is InChI=1S/C6H13O2P/c1-5(9)6-4-7-2-3-8-6/h5-6H,2-4,9H2,1H3. The lowest BCUT2D eigenvalue weighted by atomic mass is 10.3. The Labute approximate surface area is 58.1 Å². The summed E-state index contributed by atoms with van der Waals surface area (Å²) in [5.41, 5.74) is 0.505. The fourth-order valence-electron chi connectivity index (χ4n) is 0.810. The van der Waals surface area contributed by atoms with E-state index < -0.39 is 0 Å². The summed E-state index contributed by atoms with van der Waals surface area (Å²) < 4.78 is 10.6. The van der Waals surface area contributed by atoms with Crippen molar-refractivity contribution in [3.63, 3.8) is 0 Å². The predicted octanol–water partition coefficient (Wildman–Crippen LogP) is 0.665. The summed E-state index contributed by atoms with van der Waals surface area (Å²) in [5.74, 6) is 0. The summed E-state index contributed by atoms with van der Waals surface area (Å²) in [6.45, 7) is 4.38. The van der Waals surface area contributed by atoms with Crippen LogP contribution in [-0.4, -0.2) is 31.6 Å². The summed E-state index contributed by atoms with van der Waals surface area (Å²) in [6.07, 6.45) is 0.295. The van der Waals surface area contributed by atoms with E-state index in [1.165, 1.54) is 0 Å². The molecule has 0 amide bonds. The van der Waals surface area contributed by atoms with Crippen LogP contribution in [0.3, 0.4) is 0 Å². The monoisotopic (exact) mass is 148 g/mol. The molecule has 1 fully saturated rings. The second kappa shape index (κ2) is 3.50. The van der Waals surface area contributed by atoms with Gasteiger partial charge in [0.2, 0.25) is 0 Å². The Balaban J connectivity index is 2.23. The molecule has 1 rings (SSSR count). The molecule has 0 aliphatic carbocycles. The predicted molar refractivity (Wildman–Crippen MR) is 39.7 cm³/mol. The van der Waals surface area contributed by atoms with Gasteiger partial charge in [0.1, 0.15) is 0 Å². The average Bonchev–Trinajstić information content (AvgIpc) is 1.90. The molecule has 3 atom stereocenters. The van der Waals surface area contributed by atoms with Crippen molar-refractivity contribution in [3.8, 4) is 0 Å². The van der Waals surface area contributed by atoms with Gasteiger partial charge in [-0.3, -0.25) is 0 Å². The quantitative estimate of drug-likeness (QED) is 0.509. The van der Waals surface area contributed by atoms with Crippen molar-refractivity contribution in [1.29, 1.82) is 0 Å². The summed E-state index contributed by atoms with van der Waals surface area (Å²) in [4.78, 5) is 0. The van der Waals surface area contributed by atoms with Crippen molar-refractivity contribution in [3.05, 3.63) is 0 Å². The van der Waals surface area contributed by atoms with Crippen molar-refractivity contribution < 1.29 is 9.47 Å². The molecule has 0 bridgehead atoms. The van der Waals surface area contributed by atoms with Crippen LogP contribution >= 0.6 is 9.24 Å². The summed E-state index contributed by atoms with van der Waals surface area (Å²) in [5, 5.41) is 0. The van der Waals surface area contributed by atoms with Gasteiger partial charge in [0.25, 0.3) is 0 Å². The zero-order valence-electron chi connectivity index (χ0n) is 5.67. The Bertz CT molecular complexity index is 79.1. The number of ether oxygens (including phenoxy) is 2. The molecule has 1 heterocycles. The molecular weight excluding hydrogens is 135 g/mol. The summed E-state index contributed by atoms with van der Waals surface area (Å²) >= 11 is 0. The summed E-state index contributed by atoms with van der Waals surface area (Å²) in [6, 6.07) is 0. The van der Waals surface area contributed by atoms with E-state index in [1.54, 1.807) is 0 Å². The fraction of sp³-hybridized carbons (Fsp3) is 1.00. The molecule has 0 radical (unpaired) electrons. The van der Waals surface area contributed by atoms with E-state index in [-0.39, 0.29) is 0 Å². The van der Waals surface area contributed by atoms with E-state index in [0.717, 1.165) is 19.8 Å². The lowest BCUT2D eigenvalue weighted by Crippen LogP contribution is -2.33. The van der Waals surface area contributed by atoms with Crippen molar-refractivity contribution in [2.45, 2.75) is 18.7 Å². The van der Waals surface area contributed by atoms with Crippen LogP contribution < -0.4 is 0 Å². The number of hydrogen-bond acceptors (Lipinski definition) is 2. The zero-order chi connectivity index (χ0) is 6.69. The van der Waals surface area contributed by atoms with E-state index in [4.69, 9.17) is 9.47 Å². The van der Waals surface area contributed by atoms with E-state index in [2.05, 4.69) is 16.2 Å². The minimum atomic E-state index is 0.295. The maximum Gasteiger partial charge on any atom is 0.0869 e. The van der Waals surface area contributed by atoms with Crippen LogP contribution in [0.1, 0.15) is 6.92 Å². The van der Waals surface area contributed by atoms with Crippen molar-refractivity contribution in [2.24, 2.45) is 0 Å². The lowest BCUT2D eigenvalue weighted by molar-refractivity contribution is -0.0864. The lowest BCUT2D eigenvalue weighted by Gasteiger charge is -2.25. The third kappa shape index (κ3) is 2.21. The first-order valence-electron chi connectivity index (χ1n) is 3.25. The zero-order valence-corrected chi connectivity index (χ0v) is 6.82. The van der Waals surface area contributed by atoms with Gasteiger partial charge in [-0.2, -0.15) is 0 Å². The SMILES string of the molecule is CC(P)C1COCCO1. The van der Waals surface area contributed by atoms with E-state index in [0.29, 0.717) is 11.8 Å². The van der Waals surface area contributed by atoms with Gasteiger partial charge in [0.05, 0.1) is 25.9 Å². The van der Waals surface area contributed by atoms with Crippen LogP contribution in [0.5, 0.6) is 0 Å².